The molecule has 1 heterocycles. The van der Waals surface area contributed by atoms with Crippen molar-refractivity contribution in [2.24, 2.45) is 17.6 Å². The first-order valence-electron chi connectivity index (χ1n) is 8.59. The molecule has 3 nitrogen and oxygen atoms in total. The second-order valence-electron chi connectivity index (χ2n) is 7.30. The Hall–Kier alpha value is -0.120. The fourth-order valence-electron chi connectivity index (χ4n) is 4.35. The van der Waals surface area contributed by atoms with Gasteiger partial charge in [-0.1, -0.05) is 13.8 Å². The maximum atomic E-state index is 6.23. The molecule has 0 amide bonds. The quantitative estimate of drug-likeness (QED) is 0.861. The molecule has 118 valence electrons. The monoisotopic (exact) mass is 282 g/mol. The number of hydrogen-bond donors (Lipinski definition) is 1. The highest BCUT2D eigenvalue weighted by Gasteiger charge is 2.40. The Kier molecular flexibility index (Phi) is 5.88. The van der Waals surface area contributed by atoms with Gasteiger partial charge in [-0.25, -0.2) is 0 Å². The number of rotatable bonds is 4. The lowest BCUT2D eigenvalue weighted by atomic mass is 9.78. The summed E-state index contributed by atoms with van der Waals surface area (Å²) >= 11 is 0. The van der Waals surface area contributed by atoms with Crippen molar-refractivity contribution in [1.82, 2.24) is 4.90 Å². The van der Waals surface area contributed by atoms with Gasteiger partial charge in [0.2, 0.25) is 0 Å². The van der Waals surface area contributed by atoms with E-state index in [1.165, 1.54) is 51.6 Å². The molecule has 0 aromatic rings. The third-order valence-electron chi connectivity index (χ3n) is 5.88. The fourth-order valence-corrected chi connectivity index (χ4v) is 4.35. The molecule has 1 saturated heterocycles. The van der Waals surface area contributed by atoms with E-state index in [0.717, 1.165) is 24.8 Å². The molecule has 0 spiro atoms. The first kappa shape index (κ1) is 16.3. The predicted octanol–water partition coefficient (Wildman–Crippen LogP) is 3.03. The molecule has 20 heavy (non-hydrogen) atoms. The molecule has 0 aromatic carbocycles. The molecular weight excluding hydrogens is 248 g/mol. The zero-order valence-corrected chi connectivity index (χ0v) is 13.7. The van der Waals surface area contributed by atoms with Crippen LogP contribution >= 0.6 is 0 Å². The van der Waals surface area contributed by atoms with Gasteiger partial charge >= 0.3 is 0 Å². The summed E-state index contributed by atoms with van der Waals surface area (Å²) in [6.07, 6.45) is 9.35. The summed E-state index contributed by atoms with van der Waals surface area (Å²) in [5.74, 6) is 1.72. The highest BCUT2D eigenvalue weighted by molar-refractivity contribution is 4.98. The molecule has 1 saturated carbocycles. The average molecular weight is 282 g/mol. The summed E-state index contributed by atoms with van der Waals surface area (Å²) in [4.78, 5) is 2.72. The van der Waals surface area contributed by atoms with Crippen LogP contribution in [0, 0.1) is 11.8 Å². The fraction of sp³-hybridized carbons (Fsp3) is 1.00. The van der Waals surface area contributed by atoms with Crippen LogP contribution < -0.4 is 5.73 Å². The van der Waals surface area contributed by atoms with Crippen molar-refractivity contribution in [2.75, 3.05) is 26.7 Å². The molecule has 2 fully saturated rings. The molecule has 1 aliphatic heterocycles. The van der Waals surface area contributed by atoms with Crippen molar-refractivity contribution in [1.29, 1.82) is 0 Å². The number of nitrogens with zero attached hydrogens (tertiary/aromatic N) is 1. The summed E-state index contributed by atoms with van der Waals surface area (Å²) < 4.78 is 5.65. The summed E-state index contributed by atoms with van der Waals surface area (Å²) in [5.41, 5.74) is 6.45. The van der Waals surface area contributed by atoms with E-state index in [2.05, 4.69) is 18.7 Å². The van der Waals surface area contributed by atoms with Crippen molar-refractivity contribution >= 4 is 0 Å². The van der Waals surface area contributed by atoms with Gasteiger partial charge in [0.05, 0.1) is 6.10 Å². The summed E-state index contributed by atoms with van der Waals surface area (Å²) in [7, 11) is 1.86. The van der Waals surface area contributed by atoms with Gasteiger partial charge in [-0.15, -0.1) is 0 Å². The van der Waals surface area contributed by atoms with Gasteiger partial charge in [0.15, 0.2) is 0 Å². The molecule has 2 aliphatic rings. The molecule has 3 atom stereocenters. The van der Waals surface area contributed by atoms with Gasteiger partial charge in [-0.3, -0.25) is 4.90 Å². The van der Waals surface area contributed by atoms with E-state index < -0.39 is 0 Å². The Morgan fingerprint density at radius 2 is 2.00 bits per heavy atom. The van der Waals surface area contributed by atoms with Crippen molar-refractivity contribution in [3.05, 3.63) is 0 Å². The van der Waals surface area contributed by atoms with Crippen molar-refractivity contribution < 1.29 is 4.74 Å². The Labute approximate surface area is 125 Å². The highest BCUT2D eigenvalue weighted by Crippen LogP contribution is 2.37. The predicted molar refractivity (Wildman–Crippen MR) is 84.8 cm³/mol. The molecule has 0 bridgehead atoms. The van der Waals surface area contributed by atoms with Crippen molar-refractivity contribution in [3.8, 4) is 0 Å². The first-order chi connectivity index (χ1) is 9.61. The van der Waals surface area contributed by atoms with E-state index in [0.29, 0.717) is 6.10 Å². The van der Waals surface area contributed by atoms with Gasteiger partial charge in [-0.05, 0) is 69.9 Å². The molecule has 2 N–H and O–H groups in total. The molecule has 3 unspecified atom stereocenters. The minimum atomic E-state index is 0.213. The van der Waals surface area contributed by atoms with Gasteiger partial charge in [0.25, 0.3) is 0 Å². The lowest BCUT2D eigenvalue weighted by Gasteiger charge is -2.47. The van der Waals surface area contributed by atoms with E-state index in [9.17, 15) is 0 Å². The van der Waals surface area contributed by atoms with E-state index in [1.807, 2.05) is 7.11 Å². The Morgan fingerprint density at radius 1 is 1.20 bits per heavy atom. The van der Waals surface area contributed by atoms with Crippen LogP contribution in [0.3, 0.4) is 0 Å². The molecule has 0 aromatic heterocycles. The van der Waals surface area contributed by atoms with Gasteiger partial charge < -0.3 is 10.5 Å². The number of likely N-dealkylation sites (tertiary alicyclic amines) is 1. The summed E-state index contributed by atoms with van der Waals surface area (Å²) in [5, 5.41) is 0. The number of methoxy groups -OCH3 is 1. The summed E-state index contributed by atoms with van der Waals surface area (Å²) in [6, 6.07) is 0. The maximum Gasteiger partial charge on any atom is 0.0589 e. The normalized spacial score (nSPS) is 37.0. The van der Waals surface area contributed by atoms with E-state index in [4.69, 9.17) is 10.5 Å². The minimum Gasteiger partial charge on any atom is -0.381 e. The van der Waals surface area contributed by atoms with Crippen LogP contribution in [-0.2, 0) is 4.74 Å². The van der Waals surface area contributed by atoms with Crippen LogP contribution in [0.2, 0.25) is 0 Å². The number of ether oxygens (including phenoxy) is 1. The first-order valence-corrected chi connectivity index (χ1v) is 8.59. The second-order valence-corrected chi connectivity index (χ2v) is 7.30. The highest BCUT2D eigenvalue weighted by atomic mass is 16.5. The minimum absolute atomic E-state index is 0.213. The van der Waals surface area contributed by atoms with Crippen LogP contribution in [0.5, 0.6) is 0 Å². The van der Waals surface area contributed by atoms with Gasteiger partial charge in [0.1, 0.15) is 0 Å². The molecule has 3 heteroatoms. The molecule has 2 rings (SSSR count). The third-order valence-corrected chi connectivity index (χ3v) is 5.88. The van der Waals surface area contributed by atoms with Crippen LogP contribution in [0.15, 0.2) is 0 Å². The maximum absolute atomic E-state index is 6.23. The zero-order chi connectivity index (χ0) is 14.6. The van der Waals surface area contributed by atoms with E-state index in [-0.39, 0.29) is 5.54 Å². The smallest absolute Gasteiger partial charge is 0.0589 e. The van der Waals surface area contributed by atoms with Crippen molar-refractivity contribution in [2.45, 2.75) is 70.4 Å². The van der Waals surface area contributed by atoms with Gasteiger partial charge in [0, 0.05) is 19.2 Å². The second kappa shape index (κ2) is 7.24. The lowest BCUT2D eigenvalue weighted by Crippen LogP contribution is -2.57. The Bertz CT molecular complexity index is 295. The zero-order valence-electron chi connectivity index (χ0n) is 13.7. The van der Waals surface area contributed by atoms with Crippen molar-refractivity contribution in [3.63, 3.8) is 0 Å². The Balaban J connectivity index is 2.03. The molecule has 0 radical (unpaired) electrons. The van der Waals surface area contributed by atoms with Gasteiger partial charge in [-0.2, -0.15) is 0 Å². The van der Waals surface area contributed by atoms with E-state index in [1.54, 1.807) is 0 Å². The Morgan fingerprint density at radius 3 is 2.65 bits per heavy atom. The number of nitrogens with two attached hydrogens (primary N) is 1. The lowest BCUT2D eigenvalue weighted by molar-refractivity contribution is -0.0213. The average Bonchev–Trinajstić information content (AvgIpc) is 2.73. The van der Waals surface area contributed by atoms with Crippen LogP contribution in [0.1, 0.15) is 58.8 Å². The largest absolute Gasteiger partial charge is 0.381 e. The third kappa shape index (κ3) is 3.55. The topological polar surface area (TPSA) is 38.5 Å². The SMILES string of the molecule is COC1CCCC(CN)(N2CCCC(C(C)C)CC2)C1. The number of hydrogen-bond acceptors (Lipinski definition) is 3. The standard InChI is InChI=1S/C17H34N2O/c1-14(2)15-6-5-10-19(11-8-15)17(13-18)9-4-7-16(12-17)20-3/h14-16H,4-13,18H2,1-3H3. The van der Waals surface area contributed by atoms with Crippen LogP contribution in [0.25, 0.3) is 0 Å². The molecule has 1 aliphatic carbocycles. The van der Waals surface area contributed by atoms with Crippen LogP contribution in [-0.4, -0.2) is 43.3 Å². The van der Waals surface area contributed by atoms with E-state index >= 15 is 0 Å². The van der Waals surface area contributed by atoms with Crippen LogP contribution in [0.4, 0.5) is 0 Å². The summed E-state index contributed by atoms with van der Waals surface area (Å²) in [6.45, 7) is 8.01. The molecular formula is C17H34N2O.